The topological polar surface area (TPSA) is 64.2 Å². The summed E-state index contributed by atoms with van der Waals surface area (Å²) in [7, 11) is 0. The second-order valence-corrected chi connectivity index (χ2v) is 6.38. The van der Waals surface area contributed by atoms with E-state index in [1.54, 1.807) is 0 Å². The van der Waals surface area contributed by atoms with Crippen LogP contribution >= 0.6 is 15.9 Å². The molecule has 0 fully saturated rings. The molecule has 6 nitrogen and oxygen atoms in total. The van der Waals surface area contributed by atoms with Gasteiger partial charge in [0.2, 0.25) is 5.91 Å². The van der Waals surface area contributed by atoms with Crippen LogP contribution in [0.25, 0.3) is 16.6 Å². The van der Waals surface area contributed by atoms with Crippen LogP contribution in [0.15, 0.2) is 59.3 Å². The Labute approximate surface area is 146 Å². The molecule has 120 valence electrons. The number of amides is 1. The number of nitrogens with one attached hydrogen (secondary N) is 1. The summed E-state index contributed by atoms with van der Waals surface area (Å²) in [5.41, 5.74) is 1.80. The van der Waals surface area contributed by atoms with Crippen LogP contribution in [0.4, 0.5) is 0 Å². The summed E-state index contributed by atoms with van der Waals surface area (Å²) in [6.07, 6.45) is 3.80. The number of pyridine rings is 1. The normalized spacial score (nSPS) is 11.2. The lowest BCUT2D eigenvalue weighted by atomic mass is 10.2. The molecule has 1 amide bonds. The fourth-order valence-electron chi connectivity index (χ4n) is 2.71. The highest BCUT2D eigenvalue weighted by atomic mass is 79.9. The summed E-state index contributed by atoms with van der Waals surface area (Å²) in [6.45, 7) is 0.608. The summed E-state index contributed by atoms with van der Waals surface area (Å²) < 4.78 is 4.82. The molecule has 0 atom stereocenters. The first kappa shape index (κ1) is 14.9. The maximum atomic E-state index is 12.3. The predicted octanol–water partition coefficient (Wildman–Crippen LogP) is 2.76. The molecule has 0 spiro atoms. The van der Waals surface area contributed by atoms with Crippen LogP contribution in [0, 0.1) is 0 Å². The van der Waals surface area contributed by atoms with Crippen molar-refractivity contribution in [3.8, 4) is 0 Å². The van der Waals surface area contributed by atoms with Crippen LogP contribution < -0.4 is 5.32 Å². The van der Waals surface area contributed by atoms with Crippen LogP contribution in [0.1, 0.15) is 5.82 Å². The summed E-state index contributed by atoms with van der Waals surface area (Å²) in [5, 5.41) is 12.2. The van der Waals surface area contributed by atoms with Gasteiger partial charge in [0.1, 0.15) is 6.54 Å². The van der Waals surface area contributed by atoms with Crippen LogP contribution in [-0.2, 0) is 17.9 Å². The van der Waals surface area contributed by atoms with E-state index in [-0.39, 0.29) is 12.5 Å². The second-order valence-electron chi connectivity index (χ2n) is 5.47. The highest BCUT2D eigenvalue weighted by Crippen LogP contribution is 2.20. The number of benzene rings is 1. The molecule has 3 heterocycles. The van der Waals surface area contributed by atoms with Crippen molar-refractivity contribution in [3.05, 3.63) is 65.2 Å². The van der Waals surface area contributed by atoms with E-state index in [9.17, 15) is 4.79 Å². The summed E-state index contributed by atoms with van der Waals surface area (Å²) in [4.78, 5) is 12.3. The van der Waals surface area contributed by atoms with Crippen molar-refractivity contribution in [2.45, 2.75) is 13.1 Å². The average Bonchev–Trinajstić information content (AvgIpc) is 3.17. The van der Waals surface area contributed by atoms with Gasteiger partial charge in [-0.25, -0.2) is 0 Å². The van der Waals surface area contributed by atoms with Gasteiger partial charge in [-0.1, -0.05) is 22.0 Å². The zero-order chi connectivity index (χ0) is 16.5. The largest absolute Gasteiger partial charge is 0.347 e. The molecule has 1 aromatic carbocycles. The van der Waals surface area contributed by atoms with Crippen LogP contribution in [-0.4, -0.2) is 25.1 Å². The van der Waals surface area contributed by atoms with Crippen molar-refractivity contribution in [1.82, 2.24) is 24.5 Å². The Morgan fingerprint density at radius 1 is 1.12 bits per heavy atom. The van der Waals surface area contributed by atoms with Crippen molar-refractivity contribution in [3.63, 3.8) is 0 Å². The monoisotopic (exact) mass is 383 g/mol. The molecule has 4 aromatic rings. The van der Waals surface area contributed by atoms with Crippen LogP contribution in [0.3, 0.4) is 0 Å². The zero-order valence-electron chi connectivity index (χ0n) is 12.7. The number of nitrogens with zero attached hydrogens (tertiary/aromatic N) is 4. The highest BCUT2D eigenvalue weighted by molar-refractivity contribution is 9.10. The first-order chi connectivity index (χ1) is 11.7. The maximum absolute atomic E-state index is 12.3. The highest BCUT2D eigenvalue weighted by Gasteiger charge is 2.09. The first-order valence-electron chi connectivity index (χ1n) is 7.50. The third kappa shape index (κ3) is 2.78. The van der Waals surface area contributed by atoms with E-state index in [0.29, 0.717) is 12.4 Å². The Hall–Kier alpha value is -2.67. The number of carbonyl (C=O) groups excluding carboxylic acids is 1. The van der Waals surface area contributed by atoms with E-state index in [1.165, 1.54) is 0 Å². The third-order valence-corrected chi connectivity index (χ3v) is 4.37. The number of hydrogen-bond donors (Lipinski definition) is 1. The van der Waals surface area contributed by atoms with Gasteiger partial charge in [0, 0.05) is 27.8 Å². The van der Waals surface area contributed by atoms with E-state index in [2.05, 4.69) is 31.4 Å². The lowest BCUT2D eigenvalue weighted by molar-refractivity contribution is -0.121. The van der Waals surface area contributed by atoms with Gasteiger partial charge < -0.3 is 9.88 Å². The Morgan fingerprint density at radius 3 is 2.96 bits per heavy atom. The molecule has 1 N–H and O–H groups in total. The molecule has 0 saturated carbocycles. The van der Waals surface area contributed by atoms with Gasteiger partial charge >= 0.3 is 0 Å². The summed E-state index contributed by atoms with van der Waals surface area (Å²) >= 11 is 3.46. The quantitative estimate of drug-likeness (QED) is 0.589. The van der Waals surface area contributed by atoms with E-state index in [0.717, 1.165) is 21.0 Å². The van der Waals surface area contributed by atoms with Gasteiger partial charge in [0.15, 0.2) is 11.5 Å². The fourth-order valence-corrected chi connectivity index (χ4v) is 3.09. The molecule has 0 unspecified atom stereocenters. The molecule has 3 aromatic heterocycles. The lowest BCUT2D eigenvalue weighted by Crippen LogP contribution is -2.27. The van der Waals surface area contributed by atoms with Gasteiger partial charge in [-0.05, 0) is 36.4 Å². The predicted molar refractivity (Wildman–Crippen MR) is 94.5 cm³/mol. The molecule has 0 bridgehead atoms. The Bertz CT molecular complexity index is 1040. The summed E-state index contributed by atoms with van der Waals surface area (Å²) in [5.74, 6) is 0.642. The van der Waals surface area contributed by atoms with Crippen molar-refractivity contribution in [1.29, 1.82) is 0 Å². The molecule has 0 aliphatic heterocycles. The maximum Gasteiger partial charge on any atom is 0.240 e. The molecule has 24 heavy (non-hydrogen) atoms. The number of aromatic nitrogens is 4. The second kappa shape index (κ2) is 6.09. The van der Waals surface area contributed by atoms with Crippen molar-refractivity contribution in [2.24, 2.45) is 0 Å². The molecule has 0 radical (unpaired) electrons. The Morgan fingerprint density at radius 2 is 2.04 bits per heavy atom. The van der Waals surface area contributed by atoms with E-state index in [1.807, 2.05) is 63.8 Å². The minimum absolute atomic E-state index is 0.0666. The van der Waals surface area contributed by atoms with Gasteiger partial charge in [-0.2, -0.15) is 0 Å². The third-order valence-electron chi connectivity index (χ3n) is 3.88. The summed E-state index contributed by atoms with van der Waals surface area (Å²) in [6, 6.07) is 13.7. The van der Waals surface area contributed by atoms with Gasteiger partial charge in [0.05, 0.1) is 6.54 Å². The number of hydrogen-bond acceptors (Lipinski definition) is 3. The van der Waals surface area contributed by atoms with Crippen molar-refractivity contribution in [2.75, 3.05) is 0 Å². The fraction of sp³-hybridized carbons (Fsp3) is 0.118. The number of carbonyl (C=O) groups is 1. The van der Waals surface area contributed by atoms with Gasteiger partial charge in [-0.3, -0.25) is 9.20 Å². The number of halogens is 1. The number of fused-ring (bicyclic) bond motifs is 2. The van der Waals surface area contributed by atoms with Crippen molar-refractivity contribution < 1.29 is 4.79 Å². The molecule has 0 aliphatic carbocycles. The molecular weight excluding hydrogens is 370 g/mol. The number of rotatable bonds is 4. The Kier molecular flexibility index (Phi) is 3.78. The van der Waals surface area contributed by atoms with E-state index in [4.69, 9.17) is 0 Å². The first-order valence-corrected chi connectivity index (χ1v) is 8.30. The van der Waals surface area contributed by atoms with Crippen LogP contribution in [0.5, 0.6) is 0 Å². The lowest BCUT2D eigenvalue weighted by Gasteiger charge is -2.07. The molecular formula is C17H14BrN5O. The Balaban J connectivity index is 1.46. The van der Waals surface area contributed by atoms with E-state index >= 15 is 0 Å². The molecule has 0 aliphatic rings. The minimum atomic E-state index is -0.0666. The average molecular weight is 384 g/mol. The van der Waals surface area contributed by atoms with Gasteiger partial charge in [-0.15, -0.1) is 10.2 Å². The standard InChI is InChI=1S/C17H14BrN5O/c18-13-4-5-14-12(9-13)6-8-22(14)11-17(24)19-10-16-21-20-15-3-1-2-7-23(15)16/h1-9H,10-11H2,(H,19,24). The smallest absolute Gasteiger partial charge is 0.240 e. The minimum Gasteiger partial charge on any atom is -0.347 e. The van der Waals surface area contributed by atoms with Crippen LogP contribution in [0.2, 0.25) is 0 Å². The molecule has 4 rings (SSSR count). The van der Waals surface area contributed by atoms with Gasteiger partial charge in [0.25, 0.3) is 0 Å². The van der Waals surface area contributed by atoms with E-state index < -0.39 is 0 Å². The molecule has 7 heteroatoms. The zero-order valence-corrected chi connectivity index (χ0v) is 14.3. The van der Waals surface area contributed by atoms with Crippen molar-refractivity contribution >= 4 is 38.4 Å². The molecule has 0 saturated heterocycles. The SMILES string of the molecule is O=C(Cn1ccc2cc(Br)ccc21)NCc1nnc2ccccn12.